The molecule has 2 aromatic rings. The van der Waals surface area contributed by atoms with Crippen molar-refractivity contribution in [2.24, 2.45) is 7.05 Å². The lowest BCUT2D eigenvalue weighted by Crippen LogP contribution is -2.32. The molecular weight excluding hydrogens is 297 g/mol. The molecule has 1 amide bonds. The molecule has 1 aromatic heterocycles. The molecule has 2 heterocycles. The first-order valence-electron chi connectivity index (χ1n) is 6.30. The minimum absolute atomic E-state index is 0.0265. The van der Waals surface area contributed by atoms with Crippen LogP contribution < -0.4 is 4.90 Å². The van der Waals surface area contributed by atoms with Crippen LogP contribution in [0.25, 0.3) is 0 Å². The summed E-state index contributed by atoms with van der Waals surface area (Å²) < 4.78 is 15.6. The minimum atomic E-state index is -0.763. The number of aromatic nitrogens is 2. The Morgan fingerprint density at radius 1 is 1.33 bits per heavy atom. The van der Waals surface area contributed by atoms with E-state index in [1.165, 1.54) is 6.07 Å². The Labute approximate surface area is 124 Å². The number of nitrogens with zero attached hydrogens (tertiary/aromatic N) is 3. The molecule has 1 aromatic carbocycles. The topological polar surface area (TPSA) is 55.2 Å². The highest BCUT2D eigenvalue weighted by molar-refractivity contribution is 6.55. The highest BCUT2D eigenvalue weighted by Gasteiger charge is 2.39. The van der Waals surface area contributed by atoms with Gasteiger partial charge in [-0.2, -0.15) is 5.10 Å². The summed E-state index contributed by atoms with van der Waals surface area (Å²) in [6.45, 7) is 0.195. The first-order valence-corrected chi connectivity index (χ1v) is 6.68. The number of carbonyl (C=O) groups excluding carboxylic acids is 2. The molecule has 0 radical (unpaired) electrons. The van der Waals surface area contributed by atoms with Crippen LogP contribution in [0.4, 0.5) is 10.1 Å². The van der Waals surface area contributed by atoms with Gasteiger partial charge in [0.25, 0.3) is 11.7 Å². The van der Waals surface area contributed by atoms with E-state index in [1.54, 1.807) is 24.1 Å². The van der Waals surface area contributed by atoms with Crippen LogP contribution in [0.3, 0.4) is 0 Å². The van der Waals surface area contributed by atoms with Gasteiger partial charge >= 0.3 is 0 Å². The third kappa shape index (κ3) is 2.21. The van der Waals surface area contributed by atoms with Crippen LogP contribution in [-0.4, -0.2) is 28.0 Å². The van der Waals surface area contributed by atoms with Crippen LogP contribution in [0.1, 0.15) is 15.9 Å². The van der Waals surface area contributed by atoms with Crippen molar-refractivity contribution in [1.29, 1.82) is 0 Å². The largest absolute Gasteiger partial charge is 0.302 e. The predicted molar refractivity (Wildman–Crippen MR) is 75.0 cm³/mol. The van der Waals surface area contributed by atoms with Gasteiger partial charge in [0.1, 0.15) is 5.82 Å². The molecule has 108 valence electrons. The number of anilines is 1. The van der Waals surface area contributed by atoms with Crippen molar-refractivity contribution in [3.63, 3.8) is 0 Å². The summed E-state index contributed by atoms with van der Waals surface area (Å²) in [7, 11) is 1.78. The zero-order valence-corrected chi connectivity index (χ0v) is 11.9. The number of amides is 1. The summed E-state index contributed by atoms with van der Waals surface area (Å²) in [5, 5.41) is 4.11. The molecule has 0 spiro atoms. The fraction of sp³-hybridized carbons (Fsp3) is 0.214. The third-order valence-electron chi connectivity index (χ3n) is 3.40. The molecule has 0 fully saturated rings. The zero-order valence-electron chi connectivity index (χ0n) is 11.1. The molecule has 21 heavy (non-hydrogen) atoms. The molecular formula is C14H11ClFN3O2. The molecule has 3 rings (SSSR count). The highest BCUT2D eigenvalue weighted by Crippen LogP contribution is 2.36. The molecule has 5 nitrogen and oxygen atoms in total. The number of aryl methyl sites for hydroxylation is 1. The number of rotatable bonds is 3. The number of hydrogen-bond donors (Lipinski definition) is 0. The van der Waals surface area contributed by atoms with Gasteiger partial charge < -0.3 is 4.90 Å². The van der Waals surface area contributed by atoms with Gasteiger partial charge in [-0.3, -0.25) is 14.3 Å². The Kier molecular flexibility index (Phi) is 3.25. The molecule has 0 saturated carbocycles. The average Bonchev–Trinajstić information content (AvgIpc) is 2.97. The number of benzene rings is 1. The molecule has 1 aliphatic rings. The summed E-state index contributed by atoms with van der Waals surface area (Å²) in [6.07, 6.45) is 3.94. The molecule has 0 aliphatic carbocycles. The van der Waals surface area contributed by atoms with Crippen molar-refractivity contribution in [2.45, 2.75) is 6.42 Å². The minimum Gasteiger partial charge on any atom is -0.302 e. The Morgan fingerprint density at radius 2 is 2.10 bits per heavy atom. The lowest BCUT2D eigenvalue weighted by Gasteiger charge is -2.16. The van der Waals surface area contributed by atoms with E-state index in [2.05, 4.69) is 5.10 Å². The molecule has 0 bridgehead atoms. The van der Waals surface area contributed by atoms with E-state index in [0.717, 1.165) is 16.5 Å². The average molecular weight is 308 g/mol. The van der Waals surface area contributed by atoms with Crippen LogP contribution in [0.2, 0.25) is 5.02 Å². The molecule has 0 atom stereocenters. The van der Waals surface area contributed by atoms with Gasteiger partial charge in [0, 0.05) is 19.8 Å². The monoisotopic (exact) mass is 307 g/mol. The summed E-state index contributed by atoms with van der Waals surface area (Å²) in [4.78, 5) is 25.1. The Morgan fingerprint density at radius 3 is 2.76 bits per heavy atom. The predicted octanol–water partition coefficient (Wildman–Crippen LogP) is 1.98. The molecule has 0 saturated heterocycles. The molecule has 7 heteroatoms. The van der Waals surface area contributed by atoms with Crippen molar-refractivity contribution in [2.75, 3.05) is 11.4 Å². The standard InChI is InChI=1S/C14H11ClFN3O2/c1-18-7-8(6-17-18)4-5-19-12-10(16)3-2-9(15)11(12)13(20)14(19)21/h2-3,6-7H,4-5H2,1H3. The molecule has 0 unspecified atom stereocenters. The Hall–Kier alpha value is -2.21. The lowest BCUT2D eigenvalue weighted by molar-refractivity contribution is -0.114. The summed E-state index contributed by atoms with van der Waals surface area (Å²) in [6, 6.07) is 2.44. The first kappa shape index (κ1) is 13.8. The van der Waals surface area contributed by atoms with Crippen LogP contribution in [0, 0.1) is 5.82 Å². The van der Waals surface area contributed by atoms with Gasteiger partial charge in [-0.15, -0.1) is 0 Å². The van der Waals surface area contributed by atoms with Gasteiger partial charge in [0.2, 0.25) is 0 Å². The second kappa shape index (κ2) is 4.96. The maximum absolute atomic E-state index is 14.0. The Bertz CT molecular complexity index is 757. The van der Waals surface area contributed by atoms with E-state index in [4.69, 9.17) is 11.6 Å². The van der Waals surface area contributed by atoms with Crippen molar-refractivity contribution >= 4 is 29.0 Å². The number of Topliss-reactive ketones (excluding diaryl/α,β-unsaturated/α-hetero) is 1. The summed E-state index contributed by atoms with van der Waals surface area (Å²) in [5.74, 6) is -2.14. The second-order valence-corrected chi connectivity index (χ2v) is 5.22. The lowest BCUT2D eigenvalue weighted by atomic mass is 10.1. The van der Waals surface area contributed by atoms with Gasteiger partial charge in [-0.1, -0.05) is 11.6 Å². The SMILES string of the molecule is Cn1cc(CCN2C(=O)C(=O)c3c(Cl)ccc(F)c32)cn1. The highest BCUT2D eigenvalue weighted by atomic mass is 35.5. The van der Waals surface area contributed by atoms with E-state index in [1.807, 2.05) is 0 Å². The van der Waals surface area contributed by atoms with Crippen LogP contribution in [-0.2, 0) is 18.3 Å². The normalized spacial score (nSPS) is 14.0. The number of hydrogen-bond acceptors (Lipinski definition) is 3. The molecule has 1 aliphatic heterocycles. The van der Waals surface area contributed by atoms with Gasteiger partial charge in [0.05, 0.1) is 22.5 Å². The fourth-order valence-electron chi connectivity index (χ4n) is 2.41. The number of fused-ring (bicyclic) bond motifs is 1. The molecule has 0 N–H and O–H groups in total. The van der Waals surface area contributed by atoms with E-state index >= 15 is 0 Å². The van der Waals surface area contributed by atoms with Gasteiger partial charge in [-0.25, -0.2) is 4.39 Å². The zero-order chi connectivity index (χ0) is 15.1. The maximum atomic E-state index is 14.0. The fourth-order valence-corrected chi connectivity index (χ4v) is 2.65. The number of carbonyl (C=O) groups is 2. The smallest absolute Gasteiger partial charge is 0.299 e. The van der Waals surface area contributed by atoms with Crippen molar-refractivity contribution in [3.8, 4) is 0 Å². The van der Waals surface area contributed by atoms with E-state index in [0.29, 0.717) is 6.42 Å². The summed E-state index contributed by atoms with van der Waals surface area (Å²) >= 11 is 5.91. The second-order valence-electron chi connectivity index (χ2n) is 4.81. The van der Waals surface area contributed by atoms with E-state index in [9.17, 15) is 14.0 Å². The number of ketones is 1. The van der Waals surface area contributed by atoms with E-state index in [-0.39, 0.29) is 22.8 Å². The maximum Gasteiger partial charge on any atom is 0.299 e. The van der Waals surface area contributed by atoms with Crippen molar-refractivity contribution in [3.05, 3.63) is 46.5 Å². The summed E-state index contributed by atoms with van der Waals surface area (Å²) in [5.41, 5.74) is 0.822. The Balaban J connectivity index is 1.92. The van der Waals surface area contributed by atoms with Gasteiger partial charge in [-0.05, 0) is 24.1 Å². The third-order valence-corrected chi connectivity index (χ3v) is 3.71. The van der Waals surface area contributed by atoms with Gasteiger partial charge in [0.15, 0.2) is 0 Å². The number of halogens is 2. The van der Waals surface area contributed by atoms with Crippen LogP contribution in [0.15, 0.2) is 24.5 Å². The first-order chi connectivity index (χ1) is 9.99. The van der Waals surface area contributed by atoms with Crippen LogP contribution in [0.5, 0.6) is 0 Å². The quantitative estimate of drug-likeness (QED) is 0.815. The van der Waals surface area contributed by atoms with Crippen LogP contribution >= 0.6 is 11.6 Å². The van der Waals surface area contributed by atoms with Crippen molar-refractivity contribution < 1.29 is 14.0 Å². The van der Waals surface area contributed by atoms with Crippen molar-refractivity contribution in [1.82, 2.24) is 9.78 Å². The van der Waals surface area contributed by atoms with E-state index < -0.39 is 17.5 Å².